The maximum atomic E-state index is 5.94. The fourth-order valence-corrected chi connectivity index (χ4v) is 2.78. The number of rotatable bonds is 4. The first kappa shape index (κ1) is 14.0. The lowest BCUT2D eigenvalue weighted by molar-refractivity contribution is 0.618. The Hall–Kier alpha value is -1.94. The number of aromatic nitrogens is 4. The second kappa shape index (κ2) is 5.82. The van der Waals surface area contributed by atoms with Gasteiger partial charge in [-0.2, -0.15) is 0 Å². The van der Waals surface area contributed by atoms with Gasteiger partial charge in [0.25, 0.3) is 0 Å². The minimum absolute atomic E-state index is 0.144. The van der Waals surface area contributed by atoms with Gasteiger partial charge in [0.15, 0.2) is 5.65 Å². The predicted octanol–water partition coefficient (Wildman–Crippen LogP) is 3.53. The highest BCUT2D eigenvalue weighted by Gasteiger charge is 2.18. The van der Waals surface area contributed by atoms with E-state index < -0.39 is 0 Å². The maximum Gasteiger partial charge on any atom is 0.160 e. The van der Waals surface area contributed by atoms with Gasteiger partial charge < -0.3 is 4.57 Å². The minimum atomic E-state index is 0.144. The molecule has 0 aliphatic heterocycles. The third kappa shape index (κ3) is 2.51. The van der Waals surface area contributed by atoms with Crippen molar-refractivity contribution in [1.29, 1.82) is 0 Å². The van der Waals surface area contributed by atoms with Crippen molar-refractivity contribution in [3.8, 4) is 0 Å². The summed E-state index contributed by atoms with van der Waals surface area (Å²) in [5, 5.41) is 0. The van der Waals surface area contributed by atoms with E-state index in [4.69, 9.17) is 16.6 Å². The van der Waals surface area contributed by atoms with Crippen molar-refractivity contribution in [1.82, 2.24) is 19.5 Å². The van der Waals surface area contributed by atoms with Gasteiger partial charge in [-0.05, 0) is 43.2 Å². The van der Waals surface area contributed by atoms with Crippen LogP contribution in [0.25, 0.3) is 11.2 Å². The zero-order valence-electron chi connectivity index (χ0n) is 12.1. The monoisotopic (exact) mass is 300 g/mol. The molecule has 21 heavy (non-hydrogen) atoms. The Kier molecular flexibility index (Phi) is 3.88. The third-order valence-corrected chi connectivity index (χ3v) is 3.94. The summed E-state index contributed by atoms with van der Waals surface area (Å²) >= 11 is 5.94. The second-order valence-corrected chi connectivity index (χ2v) is 5.47. The highest BCUT2D eigenvalue weighted by atomic mass is 35.5. The van der Waals surface area contributed by atoms with E-state index in [1.165, 1.54) is 5.56 Å². The van der Waals surface area contributed by atoms with Crippen LogP contribution in [0.2, 0.25) is 0 Å². The molecule has 0 aliphatic carbocycles. The summed E-state index contributed by atoms with van der Waals surface area (Å²) in [7, 11) is 0. The van der Waals surface area contributed by atoms with Gasteiger partial charge in [0.2, 0.25) is 0 Å². The Balaban J connectivity index is 2.20. The molecule has 0 radical (unpaired) electrons. The lowest BCUT2D eigenvalue weighted by Gasteiger charge is -2.17. The number of alkyl halides is 1. The van der Waals surface area contributed by atoms with Gasteiger partial charge in [-0.25, -0.2) is 9.97 Å². The van der Waals surface area contributed by atoms with Gasteiger partial charge in [-0.1, -0.05) is 0 Å². The molecule has 0 fully saturated rings. The molecule has 1 unspecified atom stereocenters. The van der Waals surface area contributed by atoms with Crippen LogP contribution >= 0.6 is 11.6 Å². The molecule has 3 aromatic heterocycles. The summed E-state index contributed by atoms with van der Waals surface area (Å²) < 4.78 is 2.18. The molecule has 108 valence electrons. The standard InChI is InChI=1S/C16H17ClN4/c1-11-4-10-19-16-15(11)20-14(3-7-17)21(16)12(2)13-5-8-18-9-6-13/h4-6,8-10,12H,3,7H2,1-2H3. The number of nitrogens with zero attached hydrogens (tertiary/aromatic N) is 4. The van der Waals surface area contributed by atoms with Crippen molar-refractivity contribution in [2.45, 2.75) is 26.3 Å². The van der Waals surface area contributed by atoms with E-state index in [0.29, 0.717) is 5.88 Å². The zero-order valence-corrected chi connectivity index (χ0v) is 12.9. The Morgan fingerprint density at radius 1 is 1.19 bits per heavy atom. The van der Waals surface area contributed by atoms with E-state index in [2.05, 4.69) is 28.4 Å². The average Bonchev–Trinajstić information content (AvgIpc) is 2.87. The Morgan fingerprint density at radius 2 is 1.95 bits per heavy atom. The number of hydrogen-bond acceptors (Lipinski definition) is 3. The van der Waals surface area contributed by atoms with E-state index in [1.807, 2.05) is 36.8 Å². The molecule has 0 spiro atoms. The van der Waals surface area contributed by atoms with Gasteiger partial charge in [-0.15, -0.1) is 11.6 Å². The molecule has 1 atom stereocenters. The SMILES string of the molecule is Cc1ccnc2c1nc(CCCl)n2C(C)c1ccncc1. The van der Waals surface area contributed by atoms with Crippen LogP contribution < -0.4 is 0 Å². The molecular formula is C16H17ClN4. The topological polar surface area (TPSA) is 43.6 Å². The molecule has 0 bridgehead atoms. The number of hydrogen-bond donors (Lipinski definition) is 0. The smallest absolute Gasteiger partial charge is 0.160 e. The molecular weight excluding hydrogens is 284 g/mol. The van der Waals surface area contributed by atoms with Gasteiger partial charge in [0.05, 0.1) is 6.04 Å². The van der Waals surface area contributed by atoms with Crippen molar-refractivity contribution in [2.75, 3.05) is 5.88 Å². The van der Waals surface area contributed by atoms with Crippen molar-refractivity contribution in [3.63, 3.8) is 0 Å². The quantitative estimate of drug-likeness (QED) is 0.692. The second-order valence-electron chi connectivity index (χ2n) is 5.09. The molecule has 0 saturated heterocycles. The summed E-state index contributed by atoms with van der Waals surface area (Å²) in [4.78, 5) is 13.4. The van der Waals surface area contributed by atoms with Crippen LogP contribution in [-0.2, 0) is 6.42 Å². The summed E-state index contributed by atoms with van der Waals surface area (Å²) in [5.74, 6) is 1.52. The first-order valence-electron chi connectivity index (χ1n) is 7.00. The zero-order chi connectivity index (χ0) is 14.8. The molecule has 0 amide bonds. The van der Waals surface area contributed by atoms with Crippen molar-refractivity contribution in [3.05, 3.63) is 53.7 Å². The highest BCUT2D eigenvalue weighted by molar-refractivity contribution is 6.17. The van der Waals surface area contributed by atoms with Gasteiger partial charge in [0, 0.05) is 30.9 Å². The fourth-order valence-electron chi connectivity index (χ4n) is 2.61. The lowest BCUT2D eigenvalue weighted by Crippen LogP contribution is -2.12. The largest absolute Gasteiger partial charge is 0.305 e. The number of imidazole rings is 1. The first-order valence-corrected chi connectivity index (χ1v) is 7.54. The van der Waals surface area contributed by atoms with E-state index in [-0.39, 0.29) is 6.04 Å². The normalized spacial score (nSPS) is 12.7. The van der Waals surface area contributed by atoms with Crippen LogP contribution in [0, 0.1) is 6.92 Å². The number of fused-ring (bicyclic) bond motifs is 1. The summed E-state index contributed by atoms with van der Waals surface area (Å²) in [6.45, 7) is 4.21. The number of aryl methyl sites for hydroxylation is 2. The molecule has 3 aromatic rings. The molecule has 4 nitrogen and oxygen atoms in total. The minimum Gasteiger partial charge on any atom is -0.305 e. The van der Waals surface area contributed by atoms with Crippen LogP contribution in [0.15, 0.2) is 36.8 Å². The van der Waals surface area contributed by atoms with Crippen LogP contribution in [0.1, 0.15) is 29.9 Å². The number of pyridine rings is 2. The van der Waals surface area contributed by atoms with Crippen molar-refractivity contribution >= 4 is 22.8 Å². The van der Waals surface area contributed by atoms with E-state index in [0.717, 1.165) is 29.0 Å². The van der Waals surface area contributed by atoms with Crippen LogP contribution in [-0.4, -0.2) is 25.4 Å². The van der Waals surface area contributed by atoms with E-state index >= 15 is 0 Å². The van der Waals surface area contributed by atoms with Gasteiger partial charge >= 0.3 is 0 Å². The molecule has 0 N–H and O–H groups in total. The van der Waals surface area contributed by atoms with Crippen molar-refractivity contribution in [2.24, 2.45) is 0 Å². The average molecular weight is 301 g/mol. The molecule has 0 aromatic carbocycles. The summed E-state index contributed by atoms with van der Waals surface area (Å²) in [6.07, 6.45) is 6.18. The third-order valence-electron chi connectivity index (χ3n) is 3.75. The lowest BCUT2D eigenvalue weighted by atomic mass is 10.1. The van der Waals surface area contributed by atoms with Gasteiger partial charge in [-0.3, -0.25) is 4.98 Å². The van der Waals surface area contributed by atoms with Crippen LogP contribution in [0.4, 0.5) is 0 Å². The molecule has 5 heteroatoms. The van der Waals surface area contributed by atoms with E-state index in [9.17, 15) is 0 Å². The molecule has 3 rings (SSSR count). The summed E-state index contributed by atoms with van der Waals surface area (Å²) in [5.41, 5.74) is 4.19. The molecule has 3 heterocycles. The fraction of sp³-hybridized carbons (Fsp3) is 0.312. The Labute approximate surface area is 128 Å². The number of halogens is 1. The maximum absolute atomic E-state index is 5.94. The van der Waals surface area contributed by atoms with E-state index in [1.54, 1.807) is 0 Å². The predicted molar refractivity (Wildman–Crippen MR) is 84.7 cm³/mol. The Morgan fingerprint density at radius 3 is 2.67 bits per heavy atom. The summed E-state index contributed by atoms with van der Waals surface area (Å²) in [6, 6.07) is 6.18. The molecule has 0 aliphatic rings. The highest BCUT2D eigenvalue weighted by Crippen LogP contribution is 2.26. The van der Waals surface area contributed by atoms with Crippen molar-refractivity contribution < 1.29 is 0 Å². The first-order chi connectivity index (χ1) is 10.2. The molecule has 0 saturated carbocycles. The van der Waals surface area contributed by atoms with Gasteiger partial charge in [0.1, 0.15) is 11.3 Å². The Bertz CT molecular complexity index is 752. The van der Waals surface area contributed by atoms with Crippen LogP contribution in [0.3, 0.4) is 0 Å². The van der Waals surface area contributed by atoms with Crippen LogP contribution in [0.5, 0.6) is 0 Å².